The van der Waals surface area contributed by atoms with Crippen LogP contribution < -0.4 is 10.6 Å². The van der Waals surface area contributed by atoms with Crippen LogP contribution in [0.2, 0.25) is 0 Å². The molecule has 3 aromatic rings. The Morgan fingerprint density at radius 1 is 1.19 bits per heavy atom. The number of ketones is 1. The molecule has 12 nitrogen and oxygen atoms in total. The topological polar surface area (TPSA) is 162 Å². The number of nitrogens with one attached hydrogen (secondary N) is 2. The van der Waals surface area contributed by atoms with Gasteiger partial charge in [0.15, 0.2) is 10.9 Å². The molecule has 1 aliphatic rings. The number of pyridine rings is 1. The van der Waals surface area contributed by atoms with E-state index >= 15 is 0 Å². The number of tetrazole rings is 1. The number of thiazole rings is 1. The van der Waals surface area contributed by atoms with Crippen LogP contribution in [0, 0.1) is 5.92 Å². The Kier molecular flexibility index (Phi) is 5.73. The number of urea groups is 1. The van der Waals surface area contributed by atoms with Gasteiger partial charge >= 0.3 is 6.03 Å². The molecule has 0 bridgehead atoms. The van der Waals surface area contributed by atoms with Gasteiger partial charge in [-0.25, -0.2) is 22.9 Å². The molecular weight excluding hydrogens is 444 g/mol. The first-order valence-corrected chi connectivity index (χ1v) is 11.7. The number of nitrogens with zero attached hydrogens (tertiary/aromatic N) is 6. The summed E-state index contributed by atoms with van der Waals surface area (Å²) >= 11 is 0.757. The standard InChI is InChI=1S/C17H18N8O4S2/c1-25-17(22-23-24-25)31(28,29)13-9-19-16(30-13)21-15(27)20-12-6-7-18-8-11(12)14(26)10-4-2-3-5-10/h6-10H,2-5H2,1H3,(H2,18,19,20,21,27). The molecule has 3 aromatic heterocycles. The molecule has 1 aliphatic carbocycles. The number of amides is 2. The summed E-state index contributed by atoms with van der Waals surface area (Å²) in [5.41, 5.74) is 0.681. The van der Waals surface area contributed by atoms with Crippen LogP contribution in [0.3, 0.4) is 0 Å². The molecule has 3 heterocycles. The van der Waals surface area contributed by atoms with Gasteiger partial charge < -0.3 is 5.32 Å². The number of carbonyl (C=O) groups is 2. The van der Waals surface area contributed by atoms with Gasteiger partial charge in [0, 0.05) is 25.4 Å². The van der Waals surface area contributed by atoms with Crippen molar-refractivity contribution >= 4 is 43.8 Å². The molecule has 0 aliphatic heterocycles. The molecule has 1 saturated carbocycles. The lowest BCUT2D eigenvalue weighted by atomic mass is 9.96. The maximum Gasteiger partial charge on any atom is 0.325 e. The lowest BCUT2D eigenvalue weighted by Crippen LogP contribution is -2.22. The van der Waals surface area contributed by atoms with E-state index in [1.54, 1.807) is 6.07 Å². The van der Waals surface area contributed by atoms with Gasteiger partial charge in [-0.15, -0.1) is 0 Å². The van der Waals surface area contributed by atoms with E-state index in [4.69, 9.17) is 0 Å². The van der Waals surface area contributed by atoms with Crippen molar-refractivity contribution < 1.29 is 18.0 Å². The summed E-state index contributed by atoms with van der Waals surface area (Å²) in [6.45, 7) is 0. The van der Waals surface area contributed by atoms with Crippen LogP contribution in [0.15, 0.2) is 34.0 Å². The van der Waals surface area contributed by atoms with Crippen molar-refractivity contribution in [3.8, 4) is 0 Å². The molecule has 14 heteroatoms. The van der Waals surface area contributed by atoms with E-state index in [0.717, 1.165) is 47.9 Å². The molecule has 1 fully saturated rings. The van der Waals surface area contributed by atoms with E-state index in [9.17, 15) is 18.0 Å². The number of sulfone groups is 1. The van der Waals surface area contributed by atoms with Crippen LogP contribution in [-0.2, 0) is 16.9 Å². The zero-order valence-electron chi connectivity index (χ0n) is 16.3. The fourth-order valence-electron chi connectivity index (χ4n) is 3.34. The first-order chi connectivity index (χ1) is 14.9. The van der Waals surface area contributed by atoms with Gasteiger partial charge in [0.25, 0.3) is 15.0 Å². The minimum atomic E-state index is -3.97. The third kappa shape index (κ3) is 4.29. The van der Waals surface area contributed by atoms with Crippen molar-refractivity contribution in [2.24, 2.45) is 13.0 Å². The van der Waals surface area contributed by atoms with Crippen LogP contribution in [0.1, 0.15) is 36.0 Å². The summed E-state index contributed by atoms with van der Waals surface area (Å²) in [4.78, 5) is 33.1. The number of anilines is 2. The zero-order valence-corrected chi connectivity index (χ0v) is 18.0. The summed E-state index contributed by atoms with van der Waals surface area (Å²) in [5, 5.41) is 15.2. The zero-order chi connectivity index (χ0) is 22.0. The van der Waals surface area contributed by atoms with E-state index in [1.807, 2.05) is 0 Å². The van der Waals surface area contributed by atoms with Gasteiger partial charge in [0.05, 0.1) is 17.4 Å². The normalized spacial score (nSPS) is 14.5. The number of carbonyl (C=O) groups excluding carboxylic acids is 2. The highest BCUT2D eigenvalue weighted by molar-refractivity contribution is 7.93. The Hall–Kier alpha value is -3.26. The summed E-state index contributed by atoms with van der Waals surface area (Å²) in [6.07, 6.45) is 7.72. The lowest BCUT2D eigenvalue weighted by molar-refractivity contribution is 0.0923. The van der Waals surface area contributed by atoms with E-state index in [2.05, 4.69) is 36.1 Å². The van der Waals surface area contributed by atoms with Crippen molar-refractivity contribution in [3.63, 3.8) is 0 Å². The second-order valence-corrected chi connectivity index (χ2v) is 10.0. The van der Waals surface area contributed by atoms with Crippen LogP contribution in [0.5, 0.6) is 0 Å². The number of hydrogen-bond acceptors (Lipinski definition) is 10. The van der Waals surface area contributed by atoms with Gasteiger partial charge in [-0.05, 0) is 29.3 Å². The molecule has 2 amide bonds. The van der Waals surface area contributed by atoms with E-state index in [0.29, 0.717) is 11.3 Å². The summed E-state index contributed by atoms with van der Waals surface area (Å²) < 4.78 is 26.1. The average Bonchev–Trinajstić information content (AvgIpc) is 3.50. The molecule has 0 spiro atoms. The molecule has 162 valence electrons. The van der Waals surface area contributed by atoms with E-state index < -0.39 is 15.9 Å². The number of aromatic nitrogens is 6. The first-order valence-electron chi connectivity index (χ1n) is 9.36. The van der Waals surface area contributed by atoms with E-state index in [1.165, 1.54) is 19.4 Å². The molecule has 0 atom stereocenters. The minimum absolute atomic E-state index is 0.0409. The second kappa shape index (κ2) is 8.47. The first kappa shape index (κ1) is 21.0. The van der Waals surface area contributed by atoms with Gasteiger partial charge in [-0.1, -0.05) is 29.3 Å². The Balaban J connectivity index is 1.47. The van der Waals surface area contributed by atoms with Gasteiger partial charge in [-0.2, -0.15) is 0 Å². The van der Waals surface area contributed by atoms with Crippen molar-refractivity contribution in [2.75, 3.05) is 10.6 Å². The minimum Gasteiger partial charge on any atom is -0.307 e. The van der Waals surface area contributed by atoms with Crippen molar-refractivity contribution in [1.29, 1.82) is 0 Å². The van der Waals surface area contributed by atoms with Crippen molar-refractivity contribution in [2.45, 2.75) is 35.0 Å². The fourth-order valence-corrected chi connectivity index (χ4v) is 5.68. The second-order valence-electron chi connectivity index (χ2n) is 6.92. The summed E-state index contributed by atoms with van der Waals surface area (Å²) in [6, 6.07) is 0.880. The predicted molar refractivity (Wildman–Crippen MR) is 110 cm³/mol. The molecule has 0 aromatic carbocycles. The molecule has 0 saturated heterocycles. The van der Waals surface area contributed by atoms with E-state index in [-0.39, 0.29) is 26.2 Å². The number of Topliss-reactive ketones (excluding diaryl/α,β-unsaturated/α-hetero) is 1. The Bertz CT molecular complexity index is 1230. The largest absolute Gasteiger partial charge is 0.325 e. The maximum atomic E-state index is 12.8. The fraction of sp³-hybridized carbons (Fsp3) is 0.353. The van der Waals surface area contributed by atoms with Gasteiger partial charge in [0.2, 0.25) is 0 Å². The highest BCUT2D eigenvalue weighted by Crippen LogP contribution is 2.30. The Morgan fingerprint density at radius 3 is 2.68 bits per heavy atom. The molecule has 0 radical (unpaired) electrons. The van der Waals surface area contributed by atoms with Crippen LogP contribution in [0.4, 0.5) is 15.6 Å². The SMILES string of the molecule is Cn1nnnc1S(=O)(=O)c1cnc(NC(=O)Nc2ccncc2C(=O)C2CCCC2)s1. The number of rotatable bonds is 6. The summed E-state index contributed by atoms with van der Waals surface area (Å²) in [5.74, 6) is -0.101. The number of aryl methyl sites for hydroxylation is 1. The molecular formula is C17H18N8O4S2. The Labute approximate surface area is 181 Å². The summed E-state index contributed by atoms with van der Waals surface area (Å²) in [7, 11) is -2.57. The van der Waals surface area contributed by atoms with Crippen LogP contribution >= 0.6 is 11.3 Å². The number of hydrogen-bond donors (Lipinski definition) is 2. The quantitative estimate of drug-likeness (QED) is 0.521. The highest BCUT2D eigenvalue weighted by Gasteiger charge is 2.28. The monoisotopic (exact) mass is 462 g/mol. The van der Waals surface area contributed by atoms with Gasteiger partial charge in [0.1, 0.15) is 4.21 Å². The maximum absolute atomic E-state index is 12.8. The Morgan fingerprint density at radius 2 is 1.97 bits per heavy atom. The van der Waals surface area contributed by atoms with Crippen LogP contribution in [0.25, 0.3) is 0 Å². The van der Waals surface area contributed by atoms with Crippen molar-refractivity contribution in [3.05, 3.63) is 30.2 Å². The third-order valence-electron chi connectivity index (χ3n) is 4.85. The highest BCUT2D eigenvalue weighted by atomic mass is 32.2. The predicted octanol–water partition coefficient (Wildman–Crippen LogP) is 1.91. The average molecular weight is 463 g/mol. The molecule has 2 N–H and O–H groups in total. The van der Waals surface area contributed by atoms with Gasteiger partial charge in [-0.3, -0.25) is 15.1 Å². The van der Waals surface area contributed by atoms with Crippen molar-refractivity contribution in [1.82, 2.24) is 30.2 Å². The lowest BCUT2D eigenvalue weighted by Gasteiger charge is -2.13. The third-order valence-corrected chi connectivity index (χ3v) is 7.93. The molecule has 31 heavy (non-hydrogen) atoms. The molecule has 0 unspecified atom stereocenters. The van der Waals surface area contributed by atoms with Crippen LogP contribution in [-0.4, -0.2) is 50.4 Å². The smallest absolute Gasteiger partial charge is 0.307 e. The molecule has 4 rings (SSSR count).